The molecule has 79 heavy (non-hydrogen) atoms. The summed E-state index contributed by atoms with van der Waals surface area (Å²) < 4.78 is 16.8. The van der Waals surface area contributed by atoms with Crippen molar-refractivity contribution < 1.29 is 28.6 Å². The van der Waals surface area contributed by atoms with Crippen LogP contribution in [0.5, 0.6) is 0 Å². The van der Waals surface area contributed by atoms with Crippen LogP contribution >= 0.6 is 0 Å². The maximum absolute atomic E-state index is 12.8. The Labute approximate surface area is 494 Å². The van der Waals surface area contributed by atoms with E-state index in [-0.39, 0.29) is 31.1 Å². The van der Waals surface area contributed by atoms with Gasteiger partial charge in [-0.25, -0.2) is 0 Å². The molecule has 468 valence electrons. The molecule has 0 radical (unpaired) electrons. The molecular formula is C73H140O6. The molecule has 1 atom stereocenters. The van der Waals surface area contributed by atoms with Crippen LogP contribution in [-0.4, -0.2) is 37.2 Å². The molecule has 0 heterocycles. The van der Waals surface area contributed by atoms with Crippen molar-refractivity contribution in [2.45, 2.75) is 425 Å². The Kier molecular flexibility index (Phi) is 67.0. The standard InChI is InChI=1S/C73H140O6/c1-4-7-10-13-15-17-19-21-23-25-27-29-31-32-33-34-35-36-37-38-39-40-42-43-45-47-49-51-53-55-57-60-63-66-72(75)78-69-70(68-77-71(74)65-62-59-12-9-6-3)79-73(76)67-64-61-58-56-54-52-50-48-46-44-41-30-28-26-24-22-20-18-16-14-11-8-5-2/h26,28,70H,4-25,27,29-69H2,1-3H3/b28-26-. The van der Waals surface area contributed by atoms with Crippen molar-refractivity contribution in [2.24, 2.45) is 0 Å². The van der Waals surface area contributed by atoms with E-state index in [2.05, 4.69) is 32.9 Å². The van der Waals surface area contributed by atoms with Crippen LogP contribution in [0.15, 0.2) is 12.2 Å². The van der Waals surface area contributed by atoms with E-state index in [0.717, 1.165) is 64.2 Å². The summed E-state index contributed by atoms with van der Waals surface area (Å²) in [6.45, 7) is 6.64. The average Bonchev–Trinajstić information content (AvgIpc) is 3.45. The first kappa shape index (κ1) is 77.2. The van der Waals surface area contributed by atoms with E-state index in [1.54, 1.807) is 0 Å². The summed E-state index contributed by atoms with van der Waals surface area (Å²) in [6.07, 6.45) is 83.2. The SMILES string of the molecule is CCCCCCCCCC/C=C\CCCCCCCCCCCCCC(=O)OC(COC(=O)CCCCCCC)COC(=O)CCCCCCCCCCCCCCCCCCCCCCCCCCCCCCCCCCC. The summed E-state index contributed by atoms with van der Waals surface area (Å²) in [4.78, 5) is 38.0. The van der Waals surface area contributed by atoms with Crippen molar-refractivity contribution >= 4 is 17.9 Å². The van der Waals surface area contributed by atoms with Gasteiger partial charge in [0.2, 0.25) is 0 Å². The molecule has 6 heteroatoms. The Bertz CT molecular complexity index is 1230. The van der Waals surface area contributed by atoms with E-state index < -0.39 is 6.10 Å². The van der Waals surface area contributed by atoms with Gasteiger partial charge in [0.15, 0.2) is 6.10 Å². The molecule has 0 aliphatic carbocycles. The highest BCUT2D eigenvalue weighted by Gasteiger charge is 2.19. The van der Waals surface area contributed by atoms with Crippen molar-refractivity contribution in [1.29, 1.82) is 0 Å². The summed E-state index contributed by atoms with van der Waals surface area (Å²) >= 11 is 0. The van der Waals surface area contributed by atoms with Crippen LogP contribution in [0.25, 0.3) is 0 Å². The highest BCUT2D eigenvalue weighted by Crippen LogP contribution is 2.19. The highest BCUT2D eigenvalue weighted by atomic mass is 16.6. The summed E-state index contributed by atoms with van der Waals surface area (Å²) in [5.74, 6) is -0.851. The third-order valence-electron chi connectivity index (χ3n) is 16.8. The molecule has 0 N–H and O–H groups in total. The zero-order chi connectivity index (χ0) is 57.1. The van der Waals surface area contributed by atoms with Gasteiger partial charge in [-0.15, -0.1) is 0 Å². The lowest BCUT2D eigenvalue weighted by Gasteiger charge is -2.18. The van der Waals surface area contributed by atoms with E-state index in [9.17, 15) is 14.4 Å². The molecule has 0 aromatic heterocycles. The maximum Gasteiger partial charge on any atom is 0.306 e. The first-order valence-electron chi connectivity index (χ1n) is 36.2. The van der Waals surface area contributed by atoms with Gasteiger partial charge in [-0.05, 0) is 44.9 Å². The van der Waals surface area contributed by atoms with Gasteiger partial charge in [-0.2, -0.15) is 0 Å². The minimum absolute atomic E-state index is 0.0650. The molecule has 1 unspecified atom stereocenters. The molecule has 0 amide bonds. The second-order valence-corrected chi connectivity index (χ2v) is 24.9. The predicted octanol–water partition coefficient (Wildman–Crippen LogP) is 24.8. The number of rotatable bonds is 68. The highest BCUT2D eigenvalue weighted by molar-refractivity contribution is 5.71. The lowest BCUT2D eigenvalue weighted by molar-refractivity contribution is -0.167. The molecule has 0 fully saturated rings. The molecule has 0 saturated heterocycles. The van der Waals surface area contributed by atoms with E-state index in [0.29, 0.717) is 19.3 Å². The molecule has 0 spiro atoms. The quantitative estimate of drug-likeness (QED) is 0.0261. The number of hydrogen-bond donors (Lipinski definition) is 0. The van der Waals surface area contributed by atoms with Crippen LogP contribution in [0.4, 0.5) is 0 Å². The number of ether oxygens (including phenoxy) is 3. The average molecular weight is 1110 g/mol. The lowest BCUT2D eigenvalue weighted by atomic mass is 10.0. The summed E-state index contributed by atoms with van der Waals surface area (Å²) in [6, 6.07) is 0. The second kappa shape index (κ2) is 68.6. The van der Waals surface area contributed by atoms with Crippen LogP contribution < -0.4 is 0 Å². The number of unbranched alkanes of at least 4 members (excludes halogenated alkanes) is 55. The lowest BCUT2D eigenvalue weighted by Crippen LogP contribution is -2.30. The Hall–Kier alpha value is -1.85. The first-order chi connectivity index (χ1) is 39.0. The van der Waals surface area contributed by atoms with Gasteiger partial charge >= 0.3 is 17.9 Å². The molecule has 6 nitrogen and oxygen atoms in total. The predicted molar refractivity (Wildman–Crippen MR) is 344 cm³/mol. The van der Waals surface area contributed by atoms with E-state index in [4.69, 9.17) is 14.2 Å². The molecule has 0 rings (SSSR count). The fourth-order valence-electron chi connectivity index (χ4n) is 11.3. The molecular weight excluding hydrogens is 973 g/mol. The van der Waals surface area contributed by atoms with Gasteiger partial charge in [0, 0.05) is 19.3 Å². The Morgan fingerprint density at radius 3 is 0.633 bits per heavy atom. The van der Waals surface area contributed by atoms with Gasteiger partial charge in [-0.3, -0.25) is 14.4 Å². The zero-order valence-electron chi connectivity index (χ0n) is 53.9. The van der Waals surface area contributed by atoms with E-state index in [1.807, 2.05) is 0 Å². The molecule has 0 aliphatic heterocycles. The van der Waals surface area contributed by atoms with Gasteiger partial charge < -0.3 is 14.2 Å². The van der Waals surface area contributed by atoms with E-state index >= 15 is 0 Å². The monoisotopic (exact) mass is 1110 g/mol. The summed E-state index contributed by atoms with van der Waals surface area (Å²) in [7, 11) is 0. The Balaban J connectivity index is 3.87. The maximum atomic E-state index is 12.8. The van der Waals surface area contributed by atoms with Crippen LogP contribution in [0.3, 0.4) is 0 Å². The number of hydrogen-bond acceptors (Lipinski definition) is 6. The Morgan fingerprint density at radius 1 is 0.241 bits per heavy atom. The van der Waals surface area contributed by atoms with Crippen LogP contribution in [0.1, 0.15) is 419 Å². The van der Waals surface area contributed by atoms with Crippen LogP contribution in [0.2, 0.25) is 0 Å². The molecule has 0 aromatic carbocycles. The van der Waals surface area contributed by atoms with Crippen molar-refractivity contribution in [3.8, 4) is 0 Å². The smallest absolute Gasteiger partial charge is 0.306 e. The molecule has 0 bridgehead atoms. The summed E-state index contributed by atoms with van der Waals surface area (Å²) in [5, 5.41) is 0. The van der Waals surface area contributed by atoms with Gasteiger partial charge in [-0.1, -0.05) is 367 Å². The minimum atomic E-state index is -0.764. The third-order valence-corrected chi connectivity index (χ3v) is 16.8. The van der Waals surface area contributed by atoms with Crippen molar-refractivity contribution in [3.05, 3.63) is 12.2 Å². The topological polar surface area (TPSA) is 78.9 Å². The molecule has 0 aromatic rings. The molecule has 0 aliphatic rings. The number of carbonyl (C=O) groups is 3. The molecule has 0 saturated carbocycles. The number of allylic oxidation sites excluding steroid dienone is 2. The van der Waals surface area contributed by atoms with Crippen molar-refractivity contribution in [3.63, 3.8) is 0 Å². The number of carbonyl (C=O) groups excluding carboxylic acids is 3. The van der Waals surface area contributed by atoms with Crippen LogP contribution in [-0.2, 0) is 28.6 Å². The van der Waals surface area contributed by atoms with E-state index in [1.165, 1.54) is 315 Å². The fourth-order valence-corrected chi connectivity index (χ4v) is 11.3. The van der Waals surface area contributed by atoms with Gasteiger partial charge in [0.25, 0.3) is 0 Å². The van der Waals surface area contributed by atoms with Gasteiger partial charge in [0.1, 0.15) is 13.2 Å². The fraction of sp³-hybridized carbons (Fsp3) is 0.932. The second-order valence-electron chi connectivity index (χ2n) is 24.9. The van der Waals surface area contributed by atoms with Crippen molar-refractivity contribution in [1.82, 2.24) is 0 Å². The first-order valence-corrected chi connectivity index (χ1v) is 36.2. The van der Waals surface area contributed by atoms with Gasteiger partial charge in [0.05, 0.1) is 0 Å². The minimum Gasteiger partial charge on any atom is -0.462 e. The number of esters is 3. The Morgan fingerprint density at radius 2 is 0.418 bits per heavy atom. The largest absolute Gasteiger partial charge is 0.462 e. The summed E-state index contributed by atoms with van der Waals surface area (Å²) in [5.41, 5.74) is 0. The third kappa shape index (κ3) is 66.8. The zero-order valence-corrected chi connectivity index (χ0v) is 53.9. The normalized spacial score (nSPS) is 12.0. The van der Waals surface area contributed by atoms with Crippen molar-refractivity contribution in [2.75, 3.05) is 13.2 Å². The van der Waals surface area contributed by atoms with Crippen LogP contribution in [0, 0.1) is 0 Å².